The molecule has 0 heterocycles. The summed E-state index contributed by atoms with van der Waals surface area (Å²) in [5, 5.41) is 0. The molecule has 0 fully saturated rings. The second-order valence-electron chi connectivity index (χ2n) is 4.34. The number of carbonyl (C=O) groups excluding carboxylic acids is 1. The van der Waals surface area contributed by atoms with E-state index >= 15 is 0 Å². The fourth-order valence-corrected chi connectivity index (χ4v) is 2.66. The summed E-state index contributed by atoms with van der Waals surface area (Å²) in [4.78, 5) is 10.7. The van der Waals surface area contributed by atoms with Crippen LogP contribution >= 0.6 is 31.9 Å². The smallest absolute Gasteiger partial charge is 0.241 e. The summed E-state index contributed by atoms with van der Waals surface area (Å²) in [6.07, 6.45) is 2.98. The highest BCUT2D eigenvalue weighted by Crippen LogP contribution is 2.27. The molecule has 108 valence electrons. The first-order valence-electron chi connectivity index (χ1n) is 6.19. The molecule has 0 aromatic heterocycles. The van der Waals surface area contributed by atoms with Gasteiger partial charge in [0.05, 0.1) is 4.47 Å². The van der Waals surface area contributed by atoms with Gasteiger partial charge in [-0.05, 0) is 57.4 Å². The van der Waals surface area contributed by atoms with E-state index in [1.165, 1.54) is 6.08 Å². The van der Waals surface area contributed by atoms with E-state index in [0.29, 0.717) is 6.61 Å². The minimum absolute atomic E-state index is 0.471. The fraction of sp³-hybridized carbons (Fsp3) is 0.0625. The summed E-state index contributed by atoms with van der Waals surface area (Å²) in [6.45, 7) is 0.481. The molecule has 1 amide bonds. The van der Waals surface area contributed by atoms with E-state index in [1.807, 2.05) is 42.5 Å². The maximum atomic E-state index is 10.7. The van der Waals surface area contributed by atoms with Crippen molar-refractivity contribution in [3.63, 3.8) is 0 Å². The van der Waals surface area contributed by atoms with Crippen LogP contribution in [0.15, 0.2) is 57.5 Å². The topological polar surface area (TPSA) is 52.3 Å². The third-order valence-corrected chi connectivity index (χ3v) is 3.79. The Bertz CT molecular complexity index is 684. The summed E-state index contributed by atoms with van der Waals surface area (Å²) in [7, 11) is 0. The van der Waals surface area contributed by atoms with Gasteiger partial charge in [0.1, 0.15) is 12.4 Å². The van der Waals surface area contributed by atoms with Crippen LogP contribution in [0.1, 0.15) is 11.1 Å². The molecule has 0 saturated carbocycles. The maximum Gasteiger partial charge on any atom is 0.241 e. The van der Waals surface area contributed by atoms with Crippen molar-refractivity contribution in [3.05, 3.63) is 68.6 Å². The van der Waals surface area contributed by atoms with Crippen LogP contribution in [0.5, 0.6) is 5.75 Å². The Labute approximate surface area is 140 Å². The molecular formula is C16H13Br2NO2. The summed E-state index contributed by atoms with van der Waals surface area (Å²) in [5.74, 6) is 0.271. The summed E-state index contributed by atoms with van der Waals surface area (Å²) < 4.78 is 7.62. The second kappa shape index (κ2) is 7.43. The van der Waals surface area contributed by atoms with Crippen molar-refractivity contribution >= 4 is 43.8 Å². The van der Waals surface area contributed by atoms with Crippen molar-refractivity contribution in [2.45, 2.75) is 6.61 Å². The number of carbonyl (C=O) groups is 1. The van der Waals surface area contributed by atoms with Crippen LogP contribution in [0.3, 0.4) is 0 Å². The lowest BCUT2D eigenvalue weighted by Gasteiger charge is -2.09. The Kier molecular flexibility index (Phi) is 5.59. The maximum absolute atomic E-state index is 10.7. The molecule has 0 unspecified atom stereocenters. The molecule has 2 N–H and O–H groups in total. The Morgan fingerprint density at radius 1 is 1.19 bits per heavy atom. The number of ether oxygens (including phenoxy) is 1. The third kappa shape index (κ3) is 5.02. The van der Waals surface area contributed by atoms with E-state index in [9.17, 15) is 4.79 Å². The summed E-state index contributed by atoms with van der Waals surface area (Å²) in [5.41, 5.74) is 7.02. The van der Waals surface area contributed by atoms with Crippen LogP contribution in [-0.4, -0.2) is 5.91 Å². The predicted molar refractivity (Wildman–Crippen MR) is 90.8 cm³/mol. The van der Waals surface area contributed by atoms with Crippen LogP contribution < -0.4 is 10.5 Å². The van der Waals surface area contributed by atoms with Gasteiger partial charge in [0.15, 0.2) is 0 Å². The average molecular weight is 411 g/mol. The average Bonchev–Trinajstić information content (AvgIpc) is 2.44. The van der Waals surface area contributed by atoms with Crippen LogP contribution in [0.2, 0.25) is 0 Å². The normalized spacial score (nSPS) is 10.8. The van der Waals surface area contributed by atoms with Crippen molar-refractivity contribution < 1.29 is 9.53 Å². The SMILES string of the molecule is NC(=O)/C=C/c1ccc(OCc2cccc(Br)c2)c(Br)c1. The molecule has 0 aliphatic heterocycles. The number of rotatable bonds is 5. The Morgan fingerprint density at radius 2 is 2.00 bits per heavy atom. The number of benzene rings is 2. The van der Waals surface area contributed by atoms with Gasteiger partial charge in [0, 0.05) is 10.5 Å². The molecular weight excluding hydrogens is 398 g/mol. The molecule has 2 aromatic carbocycles. The largest absolute Gasteiger partial charge is 0.488 e. The van der Waals surface area contributed by atoms with Gasteiger partial charge in [0.2, 0.25) is 5.91 Å². The second-order valence-corrected chi connectivity index (χ2v) is 6.11. The van der Waals surface area contributed by atoms with Crippen molar-refractivity contribution in [2.75, 3.05) is 0 Å². The molecule has 2 aromatic rings. The van der Waals surface area contributed by atoms with Crippen LogP contribution in [0.4, 0.5) is 0 Å². The van der Waals surface area contributed by atoms with Crippen LogP contribution in [-0.2, 0) is 11.4 Å². The number of halogens is 2. The first-order chi connectivity index (χ1) is 10.0. The molecule has 0 aliphatic carbocycles. The molecule has 0 spiro atoms. The Hall–Kier alpha value is -1.59. The zero-order valence-electron chi connectivity index (χ0n) is 11.1. The monoisotopic (exact) mass is 409 g/mol. The minimum atomic E-state index is -0.471. The van der Waals surface area contributed by atoms with Gasteiger partial charge in [-0.15, -0.1) is 0 Å². The van der Waals surface area contributed by atoms with Gasteiger partial charge in [0.25, 0.3) is 0 Å². The molecule has 0 saturated heterocycles. The van der Waals surface area contributed by atoms with Gasteiger partial charge in [-0.1, -0.05) is 34.1 Å². The molecule has 21 heavy (non-hydrogen) atoms. The van der Waals surface area contributed by atoms with Gasteiger partial charge in [-0.3, -0.25) is 4.79 Å². The Balaban J connectivity index is 2.06. The van der Waals surface area contributed by atoms with E-state index < -0.39 is 5.91 Å². The number of amides is 1. The molecule has 0 radical (unpaired) electrons. The highest BCUT2D eigenvalue weighted by atomic mass is 79.9. The highest BCUT2D eigenvalue weighted by Gasteiger charge is 2.03. The van der Waals surface area contributed by atoms with Crippen LogP contribution in [0.25, 0.3) is 6.08 Å². The van der Waals surface area contributed by atoms with E-state index in [1.54, 1.807) is 6.08 Å². The lowest BCUT2D eigenvalue weighted by molar-refractivity contribution is -0.113. The van der Waals surface area contributed by atoms with Crippen molar-refractivity contribution in [1.29, 1.82) is 0 Å². The lowest BCUT2D eigenvalue weighted by atomic mass is 10.2. The van der Waals surface area contributed by atoms with Gasteiger partial charge in [-0.2, -0.15) is 0 Å². The van der Waals surface area contributed by atoms with E-state index in [4.69, 9.17) is 10.5 Å². The molecule has 0 aliphatic rings. The van der Waals surface area contributed by atoms with Crippen molar-refractivity contribution in [1.82, 2.24) is 0 Å². The standard InChI is InChI=1S/C16H13Br2NO2/c17-13-3-1-2-12(8-13)10-21-15-6-4-11(9-14(15)18)5-7-16(19)20/h1-9H,10H2,(H2,19,20)/b7-5+. The van der Waals surface area contributed by atoms with E-state index in [-0.39, 0.29) is 0 Å². The van der Waals surface area contributed by atoms with Gasteiger partial charge < -0.3 is 10.5 Å². The zero-order valence-corrected chi connectivity index (χ0v) is 14.2. The predicted octanol–water partition coefficient (Wildman–Crippen LogP) is 4.29. The number of hydrogen-bond donors (Lipinski definition) is 1. The molecule has 0 atom stereocenters. The number of hydrogen-bond acceptors (Lipinski definition) is 2. The quantitative estimate of drug-likeness (QED) is 0.747. The first-order valence-corrected chi connectivity index (χ1v) is 7.77. The number of nitrogens with two attached hydrogens (primary N) is 1. The highest BCUT2D eigenvalue weighted by molar-refractivity contribution is 9.10. The van der Waals surface area contributed by atoms with E-state index in [0.717, 1.165) is 25.8 Å². The molecule has 3 nitrogen and oxygen atoms in total. The summed E-state index contributed by atoms with van der Waals surface area (Å²) in [6, 6.07) is 13.5. The summed E-state index contributed by atoms with van der Waals surface area (Å²) >= 11 is 6.89. The van der Waals surface area contributed by atoms with Gasteiger partial charge >= 0.3 is 0 Å². The first kappa shape index (κ1) is 15.8. The molecule has 5 heteroatoms. The zero-order chi connectivity index (χ0) is 15.2. The molecule has 2 rings (SSSR count). The van der Waals surface area contributed by atoms with Gasteiger partial charge in [-0.25, -0.2) is 0 Å². The van der Waals surface area contributed by atoms with Crippen molar-refractivity contribution in [3.8, 4) is 5.75 Å². The Morgan fingerprint density at radius 3 is 2.67 bits per heavy atom. The minimum Gasteiger partial charge on any atom is -0.488 e. The fourth-order valence-electron chi connectivity index (χ4n) is 1.70. The third-order valence-electron chi connectivity index (χ3n) is 2.68. The lowest BCUT2D eigenvalue weighted by Crippen LogP contribution is -2.05. The van der Waals surface area contributed by atoms with Crippen LogP contribution in [0, 0.1) is 0 Å². The van der Waals surface area contributed by atoms with Crippen molar-refractivity contribution in [2.24, 2.45) is 5.73 Å². The molecule has 0 bridgehead atoms. The van der Waals surface area contributed by atoms with E-state index in [2.05, 4.69) is 31.9 Å². The number of primary amides is 1.